The van der Waals surface area contributed by atoms with Crippen molar-refractivity contribution in [2.75, 3.05) is 6.61 Å². The first-order chi connectivity index (χ1) is 6.26. The highest BCUT2D eigenvalue weighted by atomic mass is 16.5. The zero-order valence-electron chi connectivity index (χ0n) is 8.83. The van der Waals surface area contributed by atoms with Crippen molar-refractivity contribution in [3.63, 3.8) is 0 Å². The van der Waals surface area contributed by atoms with Crippen LogP contribution >= 0.6 is 0 Å². The van der Waals surface area contributed by atoms with E-state index in [4.69, 9.17) is 4.74 Å². The third-order valence-electron chi connectivity index (χ3n) is 2.12. The van der Waals surface area contributed by atoms with Gasteiger partial charge < -0.3 is 9.84 Å². The van der Waals surface area contributed by atoms with Crippen molar-refractivity contribution in [2.45, 2.75) is 51.7 Å². The minimum Gasteiger partial charge on any atom is -0.390 e. The standard InChI is InChI=1S/C11H22O2/c1-4-7-8-9-10(12)11(5-2)13-6-3/h4,10-12H,1,5-9H2,2-3H3. The highest BCUT2D eigenvalue weighted by molar-refractivity contribution is 4.71. The molecule has 0 radical (unpaired) electrons. The van der Waals surface area contributed by atoms with E-state index in [-0.39, 0.29) is 12.2 Å². The molecule has 0 aliphatic carbocycles. The van der Waals surface area contributed by atoms with Gasteiger partial charge in [0, 0.05) is 6.61 Å². The predicted molar refractivity (Wildman–Crippen MR) is 55.8 cm³/mol. The fourth-order valence-corrected chi connectivity index (χ4v) is 1.37. The van der Waals surface area contributed by atoms with Crippen LogP contribution in [0.15, 0.2) is 12.7 Å². The summed E-state index contributed by atoms with van der Waals surface area (Å²) in [4.78, 5) is 0. The lowest BCUT2D eigenvalue weighted by Crippen LogP contribution is -2.28. The summed E-state index contributed by atoms with van der Waals surface area (Å²) in [5.41, 5.74) is 0. The van der Waals surface area contributed by atoms with Gasteiger partial charge in [-0.25, -0.2) is 0 Å². The van der Waals surface area contributed by atoms with Crippen LogP contribution in [0.25, 0.3) is 0 Å². The molecule has 1 N–H and O–H groups in total. The van der Waals surface area contributed by atoms with E-state index in [1.54, 1.807) is 0 Å². The van der Waals surface area contributed by atoms with E-state index in [0.717, 1.165) is 25.7 Å². The molecule has 0 rings (SSSR count). The molecule has 13 heavy (non-hydrogen) atoms. The van der Waals surface area contributed by atoms with Crippen LogP contribution in [0, 0.1) is 0 Å². The molecular weight excluding hydrogens is 164 g/mol. The van der Waals surface area contributed by atoms with Crippen LogP contribution in [0.5, 0.6) is 0 Å². The summed E-state index contributed by atoms with van der Waals surface area (Å²) >= 11 is 0. The van der Waals surface area contributed by atoms with Crippen LogP contribution in [-0.2, 0) is 4.74 Å². The summed E-state index contributed by atoms with van der Waals surface area (Å²) in [7, 11) is 0. The molecule has 2 atom stereocenters. The summed E-state index contributed by atoms with van der Waals surface area (Å²) in [5, 5.41) is 9.71. The maximum Gasteiger partial charge on any atom is 0.0831 e. The number of hydrogen-bond acceptors (Lipinski definition) is 2. The fraction of sp³-hybridized carbons (Fsp3) is 0.818. The van der Waals surface area contributed by atoms with E-state index in [1.807, 2.05) is 19.9 Å². The summed E-state index contributed by atoms with van der Waals surface area (Å²) in [6.07, 6.45) is 5.23. The molecule has 0 spiro atoms. The molecule has 0 aromatic rings. The highest BCUT2D eigenvalue weighted by Crippen LogP contribution is 2.11. The SMILES string of the molecule is C=CCCCC(O)C(CC)OCC. The van der Waals surface area contributed by atoms with Crippen LogP contribution in [-0.4, -0.2) is 23.9 Å². The van der Waals surface area contributed by atoms with Crippen molar-refractivity contribution >= 4 is 0 Å². The molecule has 0 aliphatic rings. The minimum absolute atomic E-state index is 0.00909. The maximum absolute atomic E-state index is 9.71. The van der Waals surface area contributed by atoms with E-state index in [1.165, 1.54) is 0 Å². The lowest BCUT2D eigenvalue weighted by Gasteiger charge is -2.21. The lowest BCUT2D eigenvalue weighted by atomic mass is 10.1. The Hall–Kier alpha value is -0.340. The van der Waals surface area contributed by atoms with E-state index in [2.05, 4.69) is 6.58 Å². The average molecular weight is 186 g/mol. The fourth-order valence-electron chi connectivity index (χ4n) is 1.37. The average Bonchev–Trinajstić information content (AvgIpc) is 2.14. The smallest absolute Gasteiger partial charge is 0.0831 e. The summed E-state index contributed by atoms with van der Waals surface area (Å²) in [5.74, 6) is 0. The van der Waals surface area contributed by atoms with E-state index < -0.39 is 0 Å². The first-order valence-corrected chi connectivity index (χ1v) is 5.16. The molecule has 2 nitrogen and oxygen atoms in total. The number of hydrogen-bond donors (Lipinski definition) is 1. The Labute approximate surface area is 81.6 Å². The molecule has 0 amide bonds. The molecule has 0 saturated carbocycles. The van der Waals surface area contributed by atoms with Crippen molar-refractivity contribution in [3.05, 3.63) is 12.7 Å². The number of allylic oxidation sites excluding steroid dienone is 1. The molecular formula is C11H22O2. The van der Waals surface area contributed by atoms with Crippen LogP contribution in [0.2, 0.25) is 0 Å². The number of ether oxygens (including phenoxy) is 1. The first-order valence-electron chi connectivity index (χ1n) is 5.16. The summed E-state index contributed by atoms with van der Waals surface area (Å²) in [6, 6.07) is 0. The first kappa shape index (κ1) is 12.7. The van der Waals surface area contributed by atoms with Gasteiger partial charge in [-0.3, -0.25) is 0 Å². The predicted octanol–water partition coefficient (Wildman–Crippen LogP) is 2.52. The number of unbranched alkanes of at least 4 members (excludes halogenated alkanes) is 1. The van der Waals surface area contributed by atoms with E-state index >= 15 is 0 Å². The monoisotopic (exact) mass is 186 g/mol. The Bertz CT molecular complexity index is 123. The molecule has 0 fully saturated rings. The topological polar surface area (TPSA) is 29.5 Å². The number of aliphatic hydroxyl groups excluding tert-OH is 1. The van der Waals surface area contributed by atoms with Gasteiger partial charge in [-0.05, 0) is 32.6 Å². The summed E-state index contributed by atoms with van der Waals surface area (Å²) < 4.78 is 5.41. The quantitative estimate of drug-likeness (QED) is 0.466. The molecule has 0 aromatic heterocycles. The number of rotatable bonds is 8. The Morgan fingerprint density at radius 1 is 1.46 bits per heavy atom. The molecule has 78 valence electrons. The maximum atomic E-state index is 9.71. The number of aliphatic hydroxyl groups is 1. The highest BCUT2D eigenvalue weighted by Gasteiger charge is 2.16. The molecule has 0 bridgehead atoms. The lowest BCUT2D eigenvalue weighted by molar-refractivity contribution is -0.0377. The molecule has 0 aliphatic heterocycles. The second-order valence-corrected chi connectivity index (χ2v) is 3.19. The van der Waals surface area contributed by atoms with Gasteiger partial charge in [0.25, 0.3) is 0 Å². The molecule has 0 heterocycles. The molecule has 2 heteroatoms. The Kier molecular flexibility index (Phi) is 8.05. The van der Waals surface area contributed by atoms with Crippen molar-refractivity contribution in [1.82, 2.24) is 0 Å². The summed E-state index contributed by atoms with van der Waals surface area (Å²) in [6.45, 7) is 8.32. The minimum atomic E-state index is -0.315. The third kappa shape index (κ3) is 5.83. The van der Waals surface area contributed by atoms with Gasteiger partial charge in [0.05, 0.1) is 12.2 Å². The van der Waals surface area contributed by atoms with Crippen molar-refractivity contribution in [3.8, 4) is 0 Å². The van der Waals surface area contributed by atoms with Crippen LogP contribution in [0.1, 0.15) is 39.5 Å². The second-order valence-electron chi connectivity index (χ2n) is 3.19. The van der Waals surface area contributed by atoms with Crippen molar-refractivity contribution in [2.24, 2.45) is 0 Å². The zero-order valence-corrected chi connectivity index (χ0v) is 8.83. The molecule has 2 unspecified atom stereocenters. The van der Waals surface area contributed by atoms with Crippen LogP contribution in [0.4, 0.5) is 0 Å². The van der Waals surface area contributed by atoms with E-state index in [9.17, 15) is 5.11 Å². The van der Waals surface area contributed by atoms with Gasteiger partial charge in [-0.15, -0.1) is 6.58 Å². The Balaban J connectivity index is 3.62. The molecule has 0 aromatic carbocycles. The van der Waals surface area contributed by atoms with Gasteiger partial charge in [-0.1, -0.05) is 13.0 Å². The zero-order chi connectivity index (χ0) is 10.1. The van der Waals surface area contributed by atoms with Gasteiger partial charge >= 0.3 is 0 Å². The van der Waals surface area contributed by atoms with Crippen LogP contribution < -0.4 is 0 Å². The normalized spacial score (nSPS) is 15.3. The van der Waals surface area contributed by atoms with E-state index in [0.29, 0.717) is 6.61 Å². The van der Waals surface area contributed by atoms with Crippen LogP contribution in [0.3, 0.4) is 0 Å². The van der Waals surface area contributed by atoms with Gasteiger partial charge in [-0.2, -0.15) is 0 Å². The molecule has 0 saturated heterocycles. The third-order valence-corrected chi connectivity index (χ3v) is 2.12. The van der Waals surface area contributed by atoms with Gasteiger partial charge in [0.1, 0.15) is 0 Å². The van der Waals surface area contributed by atoms with Crippen molar-refractivity contribution in [1.29, 1.82) is 0 Å². The second kappa shape index (κ2) is 8.27. The Morgan fingerprint density at radius 3 is 2.62 bits per heavy atom. The Morgan fingerprint density at radius 2 is 2.15 bits per heavy atom. The van der Waals surface area contributed by atoms with Crippen molar-refractivity contribution < 1.29 is 9.84 Å². The van der Waals surface area contributed by atoms with Gasteiger partial charge in [0.15, 0.2) is 0 Å². The van der Waals surface area contributed by atoms with Gasteiger partial charge in [0.2, 0.25) is 0 Å². The largest absolute Gasteiger partial charge is 0.390 e.